The van der Waals surface area contributed by atoms with Gasteiger partial charge in [0.05, 0.1) is 23.8 Å². The normalized spacial score (nSPS) is 10.2. The second-order valence-corrected chi connectivity index (χ2v) is 2.96. The molecule has 4 heteroatoms. The van der Waals surface area contributed by atoms with Gasteiger partial charge < -0.3 is 4.74 Å². The summed E-state index contributed by atoms with van der Waals surface area (Å²) in [6, 6.07) is 7.38. The van der Waals surface area contributed by atoms with Gasteiger partial charge in [-0.25, -0.2) is 9.78 Å². The molecule has 0 fully saturated rings. The van der Waals surface area contributed by atoms with E-state index in [1.54, 1.807) is 6.92 Å². The second-order valence-electron chi connectivity index (χ2n) is 2.96. The van der Waals surface area contributed by atoms with E-state index in [1.165, 1.54) is 6.20 Å². The molecule has 2 aromatic rings. The molecule has 4 nitrogen and oxygen atoms in total. The van der Waals surface area contributed by atoms with Crippen molar-refractivity contribution in [3.8, 4) is 0 Å². The topological polar surface area (TPSA) is 52.1 Å². The van der Waals surface area contributed by atoms with Crippen molar-refractivity contribution in [2.24, 2.45) is 0 Å². The van der Waals surface area contributed by atoms with Gasteiger partial charge in [0.15, 0.2) is 5.69 Å². The zero-order valence-electron chi connectivity index (χ0n) is 8.30. The van der Waals surface area contributed by atoms with Crippen LogP contribution in [0.5, 0.6) is 0 Å². The molecule has 0 saturated carbocycles. The highest BCUT2D eigenvalue weighted by atomic mass is 16.5. The third-order valence-electron chi connectivity index (χ3n) is 1.93. The van der Waals surface area contributed by atoms with Gasteiger partial charge in [0, 0.05) is 0 Å². The van der Waals surface area contributed by atoms with Gasteiger partial charge >= 0.3 is 5.97 Å². The van der Waals surface area contributed by atoms with Crippen LogP contribution in [0, 0.1) is 0 Å². The summed E-state index contributed by atoms with van der Waals surface area (Å²) >= 11 is 0. The van der Waals surface area contributed by atoms with E-state index in [0.717, 1.165) is 5.52 Å². The Morgan fingerprint density at radius 1 is 1.33 bits per heavy atom. The summed E-state index contributed by atoms with van der Waals surface area (Å²) in [5.41, 5.74) is 1.71. The first kappa shape index (κ1) is 9.58. The maximum absolute atomic E-state index is 11.4. The quantitative estimate of drug-likeness (QED) is 0.697. The van der Waals surface area contributed by atoms with E-state index in [2.05, 4.69) is 9.97 Å². The Morgan fingerprint density at radius 3 is 2.80 bits per heavy atom. The zero-order valence-corrected chi connectivity index (χ0v) is 8.30. The van der Waals surface area contributed by atoms with Crippen LogP contribution in [0.4, 0.5) is 0 Å². The number of ether oxygens (including phenoxy) is 1. The zero-order chi connectivity index (χ0) is 10.7. The Morgan fingerprint density at radius 2 is 2.07 bits per heavy atom. The molecule has 0 aliphatic carbocycles. The van der Waals surface area contributed by atoms with Crippen LogP contribution in [0.2, 0.25) is 0 Å². The molecule has 0 spiro atoms. The highest BCUT2D eigenvalue weighted by molar-refractivity contribution is 5.89. The summed E-state index contributed by atoms with van der Waals surface area (Å²) in [5.74, 6) is -0.434. The van der Waals surface area contributed by atoms with Crippen LogP contribution in [0.25, 0.3) is 11.0 Å². The van der Waals surface area contributed by atoms with Gasteiger partial charge in [0.25, 0.3) is 0 Å². The van der Waals surface area contributed by atoms with Crippen molar-refractivity contribution < 1.29 is 9.53 Å². The predicted molar refractivity (Wildman–Crippen MR) is 55.5 cm³/mol. The lowest BCUT2D eigenvalue weighted by atomic mass is 10.3. The molecular weight excluding hydrogens is 192 g/mol. The number of para-hydroxylation sites is 2. The van der Waals surface area contributed by atoms with Crippen molar-refractivity contribution in [2.75, 3.05) is 6.61 Å². The van der Waals surface area contributed by atoms with E-state index in [4.69, 9.17) is 4.74 Å². The lowest BCUT2D eigenvalue weighted by Gasteiger charge is -2.01. The van der Waals surface area contributed by atoms with Gasteiger partial charge in [0.1, 0.15) is 0 Å². The van der Waals surface area contributed by atoms with Crippen molar-refractivity contribution in [2.45, 2.75) is 6.92 Å². The van der Waals surface area contributed by atoms with Crippen molar-refractivity contribution in [3.05, 3.63) is 36.2 Å². The number of esters is 1. The summed E-state index contributed by atoms with van der Waals surface area (Å²) in [6.45, 7) is 2.10. The summed E-state index contributed by atoms with van der Waals surface area (Å²) in [5, 5.41) is 0. The minimum absolute atomic E-state index is 0.246. The number of hydrogen-bond acceptors (Lipinski definition) is 4. The van der Waals surface area contributed by atoms with Crippen LogP contribution < -0.4 is 0 Å². The van der Waals surface area contributed by atoms with E-state index >= 15 is 0 Å². The largest absolute Gasteiger partial charge is 0.461 e. The lowest BCUT2D eigenvalue weighted by molar-refractivity contribution is 0.0519. The fraction of sp³-hybridized carbons (Fsp3) is 0.182. The molecule has 15 heavy (non-hydrogen) atoms. The number of aromatic nitrogens is 2. The molecular formula is C11H10N2O2. The minimum atomic E-state index is -0.434. The lowest BCUT2D eigenvalue weighted by Crippen LogP contribution is -2.07. The number of carbonyl (C=O) groups is 1. The van der Waals surface area contributed by atoms with Gasteiger partial charge in [-0.2, -0.15) is 0 Å². The molecule has 0 atom stereocenters. The number of carbonyl (C=O) groups excluding carboxylic acids is 1. The number of rotatable bonds is 2. The van der Waals surface area contributed by atoms with Crippen LogP contribution in [0.3, 0.4) is 0 Å². The highest BCUT2D eigenvalue weighted by Gasteiger charge is 2.08. The van der Waals surface area contributed by atoms with E-state index in [0.29, 0.717) is 12.1 Å². The molecule has 76 valence electrons. The molecule has 0 bridgehead atoms. The Bertz CT molecular complexity index is 497. The summed E-state index contributed by atoms with van der Waals surface area (Å²) in [6.07, 6.45) is 1.43. The highest BCUT2D eigenvalue weighted by Crippen LogP contribution is 2.08. The van der Waals surface area contributed by atoms with E-state index in [9.17, 15) is 4.79 Å². The van der Waals surface area contributed by atoms with E-state index < -0.39 is 5.97 Å². The molecule has 0 saturated heterocycles. The summed E-state index contributed by atoms with van der Waals surface area (Å²) < 4.78 is 4.84. The van der Waals surface area contributed by atoms with Gasteiger partial charge in [-0.1, -0.05) is 12.1 Å². The molecule has 0 amide bonds. The van der Waals surface area contributed by atoms with E-state index in [1.807, 2.05) is 24.3 Å². The third kappa shape index (κ3) is 1.93. The third-order valence-corrected chi connectivity index (χ3v) is 1.93. The Labute approximate surface area is 86.9 Å². The second kappa shape index (κ2) is 4.04. The first-order chi connectivity index (χ1) is 7.31. The number of nitrogens with zero attached hydrogens (tertiary/aromatic N) is 2. The Kier molecular flexibility index (Phi) is 2.58. The first-order valence-corrected chi connectivity index (χ1v) is 4.70. The standard InChI is InChI=1S/C11H10N2O2/c1-2-15-11(14)10-7-12-8-5-3-4-6-9(8)13-10/h3-7H,2H2,1H3. The molecule has 0 aliphatic heterocycles. The van der Waals surface area contributed by atoms with Crippen LogP contribution in [-0.2, 0) is 4.74 Å². The molecule has 1 aromatic heterocycles. The molecule has 1 aromatic carbocycles. The van der Waals surface area contributed by atoms with Gasteiger partial charge in [-0.3, -0.25) is 4.98 Å². The molecule has 1 heterocycles. The van der Waals surface area contributed by atoms with Gasteiger partial charge in [-0.05, 0) is 19.1 Å². The van der Waals surface area contributed by atoms with Gasteiger partial charge in [-0.15, -0.1) is 0 Å². The van der Waals surface area contributed by atoms with Crippen molar-refractivity contribution in [1.82, 2.24) is 9.97 Å². The fourth-order valence-electron chi connectivity index (χ4n) is 1.26. The van der Waals surface area contributed by atoms with Crippen LogP contribution in [-0.4, -0.2) is 22.5 Å². The number of benzene rings is 1. The van der Waals surface area contributed by atoms with Crippen molar-refractivity contribution in [3.63, 3.8) is 0 Å². The smallest absolute Gasteiger partial charge is 0.358 e. The summed E-state index contributed by atoms with van der Waals surface area (Å²) in [7, 11) is 0. The van der Waals surface area contributed by atoms with Gasteiger partial charge in [0.2, 0.25) is 0 Å². The minimum Gasteiger partial charge on any atom is -0.461 e. The van der Waals surface area contributed by atoms with E-state index in [-0.39, 0.29) is 5.69 Å². The number of fused-ring (bicyclic) bond motifs is 1. The maximum Gasteiger partial charge on any atom is 0.358 e. The van der Waals surface area contributed by atoms with Crippen LogP contribution in [0.15, 0.2) is 30.5 Å². The molecule has 0 unspecified atom stereocenters. The number of hydrogen-bond donors (Lipinski definition) is 0. The predicted octanol–water partition coefficient (Wildman–Crippen LogP) is 1.81. The fourth-order valence-corrected chi connectivity index (χ4v) is 1.26. The average Bonchev–Trinajstić information content (AvgIpc) is 2.29. The Balaban J connectivity index is 2.42. The average molecular weight is 202 g/mol. The molecule has 2 rings (SSSR count). The van der Waals surface area contributed by atoms with Crippen molar-refractivity contribution in [1.29, 1.82) is 0 Å². The molecule has 0 radical (unpaired) electrons. The van der Waals surface area contributed by atoms with Crippen molar-refractivity contribution >= 4 is 17.0 Å². The first-order valence-electron chi connectivity index (χ1n) is 4.70. The van der Waals surface area contributed by atoms with Crippen LogP contribution in [0.1, 0.15) is 17.4 Å². The Hall–Kier alpha value is -1.97. The SMILES string of the molecule is CCOC(=O)c1cnc2ccccc2n1. The summed E-state index contributed by atoms with van der Waals surface area (Å²) in [4.78, 5) is 19.6. The monoisotopic (exact) mass is 202 g/mol. The maximum atomic E-state index is 11.4. The molecule has 0 N–H and O–H groups in total. The van der Waals surface area contributed by atoms with Crippen LogP contribution >= 0.6 is 0 Å². The molecule has 0 aliphatic rings.